The molecule has 0 radical (unpaired) electrons. The van der Waals surface area contributed by atoms with E-state index in [1.54, 1.807) is 0 Å². The summed E-state index contributed by atoms with van der Waals surface area (Å²) in [5.74, 6) is 5.36. The van der Waals surface area contributed by atoms with E-state index in [0.29, 0.717) is 4.47 Å². The lowest BCUT2D eigenvalue weighted by atomic mass is 9.97. The minimum Gasteiger partial charge on any atom is -0.271 e. The van der Waals surface area contributed by atoms with E-state index in [9.17, 15) is 4.39 Å². The smallest absolute Gasteiger partial charge is 0.124 e. The molecule has 2 rings (SSSR count). The molecular formula is C15H16BrFN2. The van der Waals surface area contributed by atoms with Crippen LogP contribution in [0, 0.1) is 5.82 Å². The lowest BCUT2D eigenvalue weighted by molar-refractivity contribution is 0.604. The lowest BCUT2D eigenvalue weighted by Gasteiger charge is -2.18. The van der Waals surface area contributed by atoms with Crippen LogP contribution >= 0.6 is 15.9 Å². The predicted molar refractivity (Wildman–Crippen MR) is 79.1 cm³/mol. The summed E-state index contributed by atoms with van der Waals surface area (Å²) in [5, 5.41) is 0. The molecule has 1 unspecified atom stereocenters. The third-order valence-corrected chi connectivity index (χ3v) is 3.54. The van der Waals surface area contributed by atoms with Crippen molar-refractivity contribution >= 4 is 15.9 Å². The van der Waals surface area contributed by atoms with Crippen molar-refractivity contribution in [1.82, 2.24) is 5.43 Å². The Bertz CT molecular complexity index is 552. The topological polar surface area (TPSA) is 38.0 Å². The second kappa shape index (κ2) is 6.28. The first-order chi connectivity index (χ1) is 9.13. The predicted octanol–water partition coefficient (Wildman–Crippen LogP) is 3.70. The summed E-state index contributed by atoms with van der Waals surface area (Å²) in [6.07, 6.45) is 0.956. The first-order valence-electron chi connectivity index (χ1n) is 6.15. The third kappa shape index (κ3) is 3.41. The molecule has 3 N–H and O–H groups in total. The summed E-state index contributed by atoms with van der Waals surface area (Å²) >= 11 is 3.30. The molecule has 0 amide bonds. The quantitative estimate of drug-likeness (QED) is 0.665. The van der Waals surface area contributed by atoms with Crippen molar-refractivity contribution in [1.29, 1.82) is 0 Å². The molecule has 0 fully saturated rings. The Balaban J connectivity index is 2.43. The molecule has 0 aliphatic rings. The first-order valence-corrected chi connectivity index (χ1v) is 6.94. The number of rotatable bonds is 4. The molecule has 1 atom stereocenters. The maximum absolute atomic E-state index is 13.5. The Morgan fingerprint density at radius 3 is 2.63 bits per heavy atom. The number of hydrogen-bond donors (Lipinski definition) is 2. The van der Waals surface area contributed by atoms with Crippen molar-refractivity contribution in [2.75, 3.05) is 0 Å². The lowest BCUT2D eigenvalue weighted by Crippen LogP contribution is -2.29. The second-order valence-corrected chi connectivity index (χ2v) is 5.32. The highest BCUT2D eigenvalue weighted by Gasteiger charge is 2.14. The summed E-state index contributed by atoms with van der Waals surface area (Å²) in [6, 6.07) is 12.7. The zero-order valence-electron chi connectivity index (χ0n) is 10.7. The SMILES string of the molecule is CCc1cccc(C(NN)c2cc(F)cc(Br)c2)c1. The first kappa shape index (κ1) is 14.2. The molecule has 0 aliphatic heterocycles. The molecule has 0 spiro atoms. The Kier molecular flexibility index (Phi) is 4.69. The van der Waals surface area contributed by atoms with Gasteiger partial charge in [-0.1, -0.05) is 47.1 Å². The standard InChI is InChI=1S/C15H16BrFN2/c1-2-10-4-3-5-11(6-10)15(19-18)12-7-13(16)9-14(17)8-12/h3-9,15,19H,2,18H2,1H3. The van der Waals surface area contributed by atoms with Gasteiger partial charge in [0.15, 0.2) is 0 Å². The number of benzene rings is 2. The summed E-state index contributed by atoms with van der Waals surface area (Å²) in [4.78, 5) is 0. The maximum Gasteiger partial charge on any atom is 0.124 e. The molecule has 0 saturated carbocycles. The zero-order chi connectivity index (χ0) is 13.8. The van der Waals surface area contributed by atoms with Gasteiger partial charge in [0, 0.05) is 4.47 Å². The van der Waals surface area contributed by atoms with Crippen LogP contribution in [0.4, 0.5) is 4.39 Å². The number of nitrogens with one attached hydrogen (secondary N) is 1. The van der Waals surface area contributed by atoms with Crippen LogP contribution in [0.5, 0.6) is 0 Å². The fourth-order valence-electron chi connectivity index (χ4n) is 2.12. The third-order valence-electron chi connectivity index (χ3n) is 3.08. The molecule has 2 nitrogen and oxygen atoms in total. The molecule has 4 heteroatoms. The number of aryl methyl sites for hydroxylation is 1. The van der Waals surface area contributed by atoms with Gasteiger partial charge in [0.1, 0.15) is 5.82 Å². The van der Waals surface area contributed by atoms with Crippen molar-refractivity contribution in [2.24, 2.45) is 5.84 Å². The molecule has 2 aromatic carbocycles. The number of nitrogens with two attached hydrogens (primary N) is 1. The molecule has 0 aliphatic carbocycles. The van der Waals surface area contributed by atoms with Crippen LogP contribution in [-0.2, 0) is 6.42 Å². The van der Waals surface area contributed by atoms with Gasteiger partial charge in [-0.05, 0) is 41.3 Å². The molecule has 100 valence electrons. The van der Waals surface area contributed by atoms with E-state index in [2.05, 4.69) is 40.4 Å². The van der Waals surface area contributed by atoms with Crippen LogP contribution in [0.25, 0.3) is 0 Å². The molecule has 0 saturated heterocycles. The van der Waals surface area contributed by atoms with Crippen LogP contribution in [0.2, 0.25) is 0 Å². The van der Waals surface area contributed by atoms with Crippen molar-refractivity contribution < 1.29 is 4.39 Å². The Morgan fingerprint density at radius 2 is 2.00 bits per heavy atom. The van der Waals surface area contributed by atoms with Gasteiger partial charge < -0.3 is 0 Å². The Labute approximate surface area is 120 Å². The van der Waals surface area contributed by atoms with E-state index in [0.717, 1.165) is 17.5 Å². The van der Waals surface area contributed by atoms with Gasteiger partial charge in [-0.25, -0.2) is 9.82 Å². The van der Waals surface area contributed by atoms with Gasteiger partial charge in [-0.3, -0.25) is 5.84 Å². The minimum atomic E-state index is -0.281. The molecule has 19 heavy (non-hydrogen) atoms. The van der Waals surface area contributed by atoms with Gasteiger partial charge in [0.05, 0.1) is 6.04 Å². The van der Waals surface area contributed by atoms with Crippen LogP contribution < -0.4 is 11.3 Å². The molecular weight excluding hydrogens is 307 g/mol. The normalized spacial score (nSPS) is 12.4. The van der Waals surface area contributed by atoms with Crippen LogP contribution in [-0.4, -0.2) is 0 Å². The van der Waals surface area contributed by atoms with E-state index in [4.69, 9.17) is 5.84 Å². The van der Waals surface area contributed by atoms with E-state index < -0.39 is 0 Å². The molecule has 0 aromatic heterocycles. The van der Waals surface area contributed by atoms with Crippen molar-refractivity contribution in [2.45, 2.75) is 19.4 Å². The van der Waals surface area contributed by atoms with E-state index in [1.807, 2.05) is 18.2 Å². The summed E-state index contributed by atoms with van der Waals surface area (Å²) in [6.45, 7) is 2.10. The molecule has 0 bridgehead atoms. The van der Waals surface area contributed by atoms with E-state index in [-0.39, 0.29) is 11.9 Å². The highest BCUT2D eigenvalue weighted by Crippen LogP contribution is 2.26. The summed E-state index contributed by atoms with van der Waals surface area (Å²) < 4.78 is 14.2. The van der Waals surface area contributed by atoms with Crippen molar-refractivity contribution in [3.8, 4) is 0 Å². The van der Waals surface area contributed by atoms with Crippen LogP contribution in [0.1, 0.15) is 29.7 Å². The van der Waals surface area contributed by atoms with Crippen LogP contribution in [0.3, 0.4) is 0 Å². The monoisotopic (exact) mass is 322 g/mol. The van der Waals surface area contributed by atoms with E-state index in [1.165, 1.54) is 17.7 Å². The van der Waals surface area contributed by atoms with Gasteiger partial charge in [0.2, 0.25) is 0 Å². The zero-order valence-corrected chi connectivity index (χ0v) is 12.2. The van der Waals surface area contributed by atoms with Gasteiger partial charge >= 0.3 is 0 Å². The van der Waals surface area contributed by atoms with Crippen molar-refractivity contribution in [3.05, 3.63) is 69.4 Å². The fraction of sp³-hybridized carbons (Fsp3) is 0.200. The number of hydrogen-bond acceptors (Lipinski definition) is 2. The average molecular weight is 323 g/mol. The van der Waals surface area contributed by atoms with Crippen LogP contribution in [0.15, 0.2) is 46.9 Å². The minimum absolute atomic E-state index is 0.224. The number of hydrazine groups is 1. The maximum atomic E-state index is 13.5. The Hall–Kier alpha value is -1.23. The van der Waals surface area contributed by atoms with Gasteiger partial charge in [0.25, 0.3) is 0 Å². The highest BCUT2D eigenvalue weighted by molar-refractivity contribution is 9.10. The molecule has 0 heterocycles. The molecule has 2 aromatic rings. The largest absolute Gasteiger partial charge is 0.271 e. The fourth-order valence-corrected chi connectivity index (χ4v) is 2.60. The second-order valence-electron chi connectivity index (χ2n) is 4.40. The Morgan fingerprint density at radius 1 is 1.21 bits per heavy atom. The van der Waals surface area contributed by atoms with Gasteiger partial charge in [-0.2, -0.15) is 0 Å². The highest BCUT2D eigenvalue weighted by atomic mass is 79.9. The average Bonchev–Trinajstić information content (AvgIpc) is 2.39. The summed E-state index contributed by atoms with van der Waals surface area (Å²) in [5.41, 5.74) is 5.80. The van der Waals surface area contributed by atoms with Gasteiger partial charge in [-0.15, -0.1) is 0 Å². The van der Waals surface area contributed by atoms with Crippen molar-refractivity contribution in [3.63, 3.8) is 0 Å². The number of halogens is 2. The summed E-state index contributed by atoms with van der Waals surface area (Å²) in [7, 11) is 0. The van der Waals surface area contributed by atoms with E-state index >= 15 is 0 Å².